The summed E-state index contributed by atoms with van der Waals surface area (Å²) in [7, 11) is -2.82. The second-order valence-electron chi connectivity index (χ2n) is 11.1. The van der Waals surface area contributed by atoms with Gasteiger partial charge in [-0.25, -0.2) is 4.39 Å². The van der Waals surface area contributed by atoms with Crippen LogP contribution in [0.4, 0.5) is 4.39 Å². The molecule has 0 radical (unpaired) electrons. The normalized spacial score (nSPS) is 13.3. The summed E-state index contributed by atoms with van der Waals surface area (Å²) in [5.41, 5.74) is 4.43. The Kier molecular flexibility index (Phi) is 10.2. The van der Waals surface area contributed by atoms with Gasteiger partial charge in [-0.2, -0.15) is 0 Å². The molecule has 4 aromatic rings. The van der Waals surface area contributed by atoms with Crippen molar-refractivity contribution in [1.82, 2.24) is 0 Å². The van der Waals surface area contributed by atoms with E-state index in [-0.39, 0.29) is 18.1 Å². The van der Waals surface area contributed by atoms with Crippen LogP contribution in [0.25, 0.3) is 0 Å². The molecule has 0 aliphatic carbocycles. The summed E-state index contributed by atoms with van der Waals surface area (Å²) < 4.78 is 20.9. The molecule has 4 nitrogen and oxygen atoms in total. The Balaban J connectivity index is 1.69. The quantitative estimate of drug-likeness (QED) is 0.133. The second-order valence-corrected chi connectivity index (χ2v) is 16.4. The first kappa shape index (κ1) is 30.7. The van der Waals surface area contributed by atoms with Gasteiger partial charge in [0, 0.05) is 17.7 Å². The number of thiophene rings is 1. The molecule has 0 unspecified atom stereocenters. The van der Waals surface area contributed by atoms with Crippen molar-refractivity contribution >= 4 is 30.0 Å². The summed E-state index contributed by atoms with van der Waals surface area (Å²) in [6.45, 7) is 6.89. The van der Waals surface area contributed by atoms with E-state index in [2.05, 4.69) is 50.8 Å². The van der Waals surface area contributed by atoms with Gasteiger partial charge >= 0.3 is 0 Å². The van der Waals surface area contributed by atoms with Gasteiger partial charge in [0.2, 0.25) is 0 Å². The molecule has 4 rings (SSSR count). The standard InChI is InChI=1S/C34H37FO4SSi/c1-34(2,3)41(27-13-6-4-7-14-27,28-15-8-5-9-16-28)39-24-25(22-32(38)33-18-11-21-40-33)12-10-17-30(36)26-19-20-31(37)29(35)23-26/h4-11,13-16,18-21,23,30,32,36-38H,17,22,24H2,1-3H3/t12?,30-,32-/m1/s1. The molecule has 41 heavy (non-hydrogen) atoms. The van der Waals surface area contributed by atoms with Crippen LogP contribution in [-0.2, 0) is 4.43 Å². The summed E-state index contributed by atoms with van der Waals surface area (Å²) in [5.74, 6) is -1.23. The van der Waals surface area contributed by atoms with Crippen LogP contribution in [0.5, 0.6) is 5.75 Å². The van der Waals surface area contributed by atoms with Crippen LogP contribution in [0.1, 0.15) is 56.3 Å². The fourth-order valence-electron chi connectivity index (χ4n) is 5.11. The van der Waals surface area contributed by atoms with Gasteiger partial charge in [-0.3, -0.25) is 0 Å². The monoisotopic (exact) mass is 588 g/mol. The van der Waals surface area contributed by atoms with E-state index in [1.54, 1.807) is 6.08 Å². The third kappa shape index (κ3) is 7.32. The Bertz CT molecular complexity index is 1420. The molecule has 1 heterocycles. The third-order valence-corrected chi connectivity index (χ3v) is 13.2. The molecule has 0 saturated heterocycles. The van der Waals surface area contributed by atoms with Crippen LogP contribution in [0.3, 0.4) is 0 Å². The minimum absolute atomic E-state index is 0.183. The first-order valence-electron chi connectivity index (χ1n) is 13.7. The van der Waals surface area contributed by atoms with E-state index in [1.165, 1.54) is 23.5 Å². The van der Waals surface area contributed by atoms with E-state index in [1.807, 2.05) is 53.9 Å². The summed E-state index contributed by atoms with van der Waals surface area (Å²) in [6.07, 6.45) is 0.519. The SMILES string of the molecule is CC(C)(C)[Si](OCC(=C=CC[C@@H](O)c1ccc(O)c(F)c1)C[C@@H](O)c1cccs1)(c1ccccc1)c1ccccc1. The Labute approximate surface area is 246 Å². The van der Waals surface area contributed by atoms with Gasteiger partial charge in [-0.1, -0.05) is 93.6 Å². The molecule has 2 atom stereocenters. The topological polar surface area (TPSA) is 69.9 Å². The lowest BCUT2D eigenvalue weighted by Crippen LogP contribution is -2.66. The lowest BCUT2D eigenvalue weighted by Gasteiger charge is -2.43. The summed E-state index contributed by atoms with van der Waals surface area (Å²) >= 11 is 1.49. The van der Waals surface area contributed by atoms with E-state index in [0.717, 1.165) is 26.9 Å². The molecule has 214 valence electrons. The molecule has 7 heteroatoms. The summed E-state index contributed by atoms with van der Waals surface area (Å²) in [5, 5.41) is 35.2. The maximum Gasteiger partial charge on any atom is 0.261 e. The molecule has 3 N–H and O–H groups in total. The van der Waals surface area contributed by atoms with E-state index in [0.29, 0.717) is 12.0 Å². The summed E-state index contributed by atoms with van der Waals surface area (Å²) in [4.78, 5) is 0.856. The highest BCUT2D eigenvalue weighted by molar-refractivity contribution is 7.10. The van der Waals surface area contributed by atoms with Crippen LogP contribution in [0, 0.1) is 5.82 Å². The van der Waals surface area contributed by atoms with Crippen molar-refractivity contribution in [2.45, 2.75) is 50.9 Å². The average Bonchev–Trinajstić information content (AvgIpc) is 3.50. The van der Waals surface area contributed by atoms with E-state index in [4.69, 9.17) is 4.43 Å². The first-order valence-corrected chi connectivity index (χ1v) is 16.5. The molecular formula is C34H37FO4SSi. The highest BCUT2D eigenvalue weighted by Gasteiger charge is 2.50. The number of hydrogen-bond donors (Lipinski definition) is 3. The van der Waals surface area contributed by atoms with Crippen LogP contribution >= 0.6 is 11.3 Å². The maximum atomic E-state index is 13.8. The molecular weight excluding hydrogens is 552 g/mol. The number of hydrogen-bond acceptors (Lipinski definition) is 5. The van der Waals surface area contributed by atoms with Crippen molar-refractivity contribution in [2.75, 3.05) is 6.61 Å². The molecule has 3 aromatic carbocycles. The lowest BCUT2D eigenvalue weighted by atomic mass is 10.0. The van der Waals surface area contributed by atoms with Gasteiger partial charge in [0.1, 0.15) is 0 Å². The molecule has 0 saturated carbocycles. The number of rotatable bonds is 11. The molecule has 0 aliphatic rings. The van der Waals surface area contributed by atoms with Crippen LogP contribution in [0.15, 0.2) is 114 Å². The molecule has 0 aliphatic heterocycles. The number of benzene rings is 3. The lowest BCUT2D eigenvalue weighted by molar-refractivity contribution is 0.176. The van der Waals surface area contributed by atoms with Crippen molar-refractivity contribution in [3.8, 4) is 5.75 Å². The first-order chi connectivity index (χ1) is 19.6. The van der Waals surface area contributed by atoms with Crippen molar-refractivity contribution in [3.63, 3.8) is 0 Å². The van der Waals surface area contributed by atoms with Gasteiger partial charge in [0.25, 0.3) is 8.32 Å². The maximum absolute atomic E-state index is 13.8. The van der Waals surface area contributed by atoms with Crippen molar-refractivity contribution in [1.29, 1.82) is 0 Å². The number of aromatic hydroxyl groups is 1. The van der Waals surface area contributed by atoms with Crippen molar-refractivity contribution in [3.05, 3.63) is 130 Å². The molecule has 0 amide bonds. The van der Waals surface area contributed by atoms with Gasteiger partial charge in [0.15, 0.2) is 11.6 Å². The predicted octanol–water partition coefficient (Wildman–Crippen LogP) is 6.80. The van der Waals surface area contributed by atoms with Crippen LogP contribution in [-0.4, -0.2) is 30.2 Å². The number of aliphatic hydroxyl groups is 2. The zero-order chi connectivity index (χ0) is 29.5. The molecule has 0 fully saturated rings. The number of phenols is 1. The molecule has 0 spiro atoms. The third-order valence-electron chi connectivity index (χ3n) is 7.19. The van der Waals surface area contributed by atoms with Gasteiger partial charge in [-0.15, -0.1) is 17.1 Å². The van der Waals surface area contributed by atoms with Crippen molar-refractivity contribution in [2.24, 2.45) is 0 Å². The van der Waals surface area contributed by atoms with E-state index in [9.17, 15) is 19.7 Å². The highest BCUT2D eigenvalue weighted by atomic mass is 32.1. The number of phenolic OH excluding ortho intramolecular Hbond substituents is 1. The fourth-order valence-corrected chi connectivity index (χ4v) is 10.4. The van der Waals surface area contributed by atoms with E-state index >= 15 is 0 Å². The van der Waals surface area contributed by atoms with Gasteiger partial charge in [0.05, 0.1) is 18.8 Å². The Morgan fingerprint density at radius 2 is 1.56 bits per heavy atom. The minimum Gasteiger partial charge on any atom is -0.505 e. The zero-order valence-corrected chi connectivity index (χ0v) is 25.4. The summed E-state index contributed by atoms with van der Waals surface area (Å²) in [6, 6.07) is 28.4. The van der Waals surface area contributed by atoms with Gasteiger partial charge < -0.3 is 19.7 Å². The molecule has 1 aromatic heterocycles. The highest BCUT2D eigenvalue weighted by Crippen LogP contribution is 2.37. The largest absolute Gasteiger partial charge is 0.505 e. The Morgan fingerprint density at radius 3 is 2.10 bits per heavy atom. The zero-order valence-electron chi connectivity index (χ0n) is 23.6. The average molecular weight is 589 g/mol. The van der Waals surface area contributed by atoms with Crippen LogP contribution in [0.2, 0.25) is 5.04 Å². The second kappa shape index (κ2) is 13.6. The van der Waals surface area contributed by atoms with Gasteiger partial charge in [-0.05, 0) is 56.2 Å². The number of aliphatic hydroxyl groups excluding tert-OH is 2. The Morgan fingerprint density at radius 1 is 0.927 bits per heavy atom. The molecule has 0 bridgehead atoms. The smallest absolute Gasteiger partial charge is 0.261 e. The fraction of sp³-hybridized carbons (Fsp3) is 0.265. The van der Waals surface area contributed by atoms with Crippen LogP contribution < -0.4 is 10.4 Å². The predicted molar refractivity (Wildman–Crippen MR) is 167 cm³/mol. The van der Waals surface area contributed by atoms with E-state index < -0.39 is 32.1 Å². The van der Waals surface area contributed by atoms with Crippen molar-refractivity contribution < 1.29 is 24.1 Å². The minimum atomic E-state index is -2.82. The number of halogens is 1. The Hall–Kier alpha value is -3.29.